The largest absolute Gasteiger partial charge is 0.388 e. The first-order valence-electron chi connectivity index (χ1n) is 6.43. The second-order valence-electron chi connectivity index (χ2n) is 4.82. The van der Waals surface area contributed by atoms with Gasteiger partial charge in [-0.15, -0.1) is 0 Å². The summed E-state index contributed by atoms with van der Waals surface area (Å²) < 4.78 is 0.924. The number of hydrogen-bond acceptors (Lipinski definition) is 2. The highest BCUT2D eigenvalue weighted by molar-refractivity contribution is 9.10. The highest BCUT2D eigenvalue weighted by Gasteiger charge is 2.23. The summed E-state index contributed by atoms with van der Waals surface area (Å²) in [6.07, 6.45) is -0.673. The van der Waals surface area contributed by atoms with Gasteiger partial charge in [0.25, 0.3) is 0 Å². The van der Waals surface area contributed by atoms with Gasteiger partial charge in [-0.25, -0.2) is 0 Å². The van der Waals surface area contributed by atoms with E-state index in [1.165, 1.54) is 0 Å². The Morgan fingerprint density at radius 3 is 2.60 bits per heavy atom. The van der Waals surface area contributed by atoms with Gasteiger partial charge in [0, 0.05) is 22.0 Å². The van der Waals surface area contributed by atoms with Crippen molar-refractivity contribution in [3.8, 4) is 0 Å². The van der Waals surface area contributed by atoms with E-state index in [9.17, 15) is 5.11 Å². The van der Waals surface area contributed by atoms with Gasteiger partial charge in [0.15, 0.2) is 0 Å². The van der Waals surface area contributed by atoms with Gasteiger partial charge in [-0.2, -0.15) is 0 Å². The van der Waals surface area contributed by atoms with Crippen LogP contribution >= 0.6 is 27.5 Å². The molecule has 0 amide bonds. The van der Waals surface area contributed by atoms with Crippen LogP contribution in [0, 0.1) is 6.92 Å². The van der Waals surface area contributed by atoms with E-state index in [1.807, 2.05) is 49.4 Å². The Kier molecular flexibility index (Phi) is 5.22. The summed E-state index contributed by atoms with van der Waals surface area (Å²) in [5.74, 6) is -0.188. The van der Waals surface area contributed by atoms with Gasteiger partial charge >= 0.3 is 0 Å². The molecule has 0 aromatic heterocycles. The third-order valence-corrected chi connectivity index (χ3v) is 4.77. The third-order valence-electron chi connectivity index (χ3n) is 3.45. The molecule has 2 unspecified atom stereocenters. The van der Waals surface area contributed by atoms with Crippen LogP contribution in [0.1, 0.15) is 28.7 Å². The molecule has 3 N–H and O–H groups in total. The fourth-order valence-corrected chi connectivity index (χ4v) is 3.00. The zero-order chi connectivity index (χ0) is 14.7. The summed E-state index contributed by atoms with van der Waals surface area (Å²) in [7, 11) is 0. The van der Waals surface area contributed by atoms with Crippen LogP contribution in [0.5, 0.6) is 0 Å². The monoisotopic (exact) mass is 353 g/mol. The summed E-state index contributed by atoms with van der Waals surface area (Å²) >= 11 is 9.56. The van der Waals surface area contributed by atoms with Crippen molar-refractivity contribution < 1.29 is 5.11 Å². The topological polar surface area (TPSA) is 46.2 Å². The van der Waals surface area contributed by atoms with E-state index in [0.717, 1.165) is 21.2 Å². The lowest BCUT2D eigenvalue weighted by Gasteiger charge is -2.24. The van der Waals surface area contributed by atoms with E-state index < -0.39 is 6.10 Å². The van der Waals surface area contributed by atoms with Gasteiger partial charge in [-0.3, -0.25) is 0 Å². The number of benzene rings is 2. The van der Waals surface area contributed by atoms with Crippen molar-refractivity contribution in [2.24, 2.45) is 5.73 Å². The van der Waals surface area contributed by atoms with Crippen molar-refractivity contribution >= 4 is 27.5 Å². The maximum atomic E-state index is 10.7. The average molecular weight is 355 g/mol. The summed E-state index contributed by atoms with van der Waals surface area (Å²) in [4.78, 5) is 0. The SMILES string of the molecule is Cc1cccc(C(O)C(CN)c2cccc(Cl)c2)c1Br. The second-order valence-corrected chi connectivity index (χ2v) is 6.05. The normalized spacial score (nSPS) is 14.1. The summed E-state index contributed by atoms with van der Waals surface area (Å²) in [6, 6.07) is 13.3. The Bertz CT molecular complexity index is 603. The molecule has 2 rings (SSSR count). The van der Waals surface area contributed by atoms with E-state index >= 15 is 0 Å². The predicted molar refractivity (Wildman–Crippen MR) is 87.1 cm³/mol. The van der Waals surface area contributed by atoms with Crippen LogP contribution in [-0.4, -0.2) is 11.7 Å². The van der Waals surface area contributed by atoms with Crippen LogP contribution < -0.4 is 5.73 Å². The molecule has 2 aromatic rings. The highest BCUT2D eigenvalue weighted by Crippen LogP contribution is 2.35. The lowest BCUT2D eigenvalue weighted by atomic mass is 9.89. The van der Waals surface area contributed by atoms with Crippen molar-refractivity contribution in [2.45, 2.75) is 18.9 Å². The van der Waals surface area contributed by atoms with E-state index in [0.29, 0.717) is 11.6 Å². The standard InChI is InChI=1S/C16H17BrClNO/c1-10-4-2-7-13(15(10)17)16(20)14(9-19)11-5-3-6-12(18)8-11/h2-8,14,16,20H,9,19H2,1H3. The Labute approximate surface area is 132 Å². The van der Waals surface area contributed by atoms with Gasteiger partial charge in [0.2, 0.25) is 0 Å². The van der Waals surface area contributed by atoms with Crippen LogP contribution in [0.2, 0.25) is 5.02 Å². The Morgan fingerprint density at radius 2 is 1.95 bits per heavy atom. The summed E-state index contributed by atoms with van der Waals surface area (Å²) in [6.45, 7) is 2.35. The molecule has 0 aliphatic heterocycles. The molecule has 0 radical (unpaired) electrons. The lowest BCUT2D eigenvalue weighted by Crippen LogP contribution is -2.20. The number of hydrogen-bond donors (Lipinski definition) is 2. The molecular formula is C16H17BrClNO. The van der Waals surface area contributed by atoms with Gasteiger partial charge < -0.3 is 10.8 Å². The van der Waals surface area contributed by atoms with Gasteiger partial charge in [0.05, 0.1) is 6.10 Å². The minimum Gasteiger partial charge on any atom is -0.388 e. The van der Waals surface area contributed by atoms with Gasteiger partial charge in [0.1, 0.15) is 0 Å². The van der Waals surface area contributed by atoms with Crippen LogP contribution in [-0.2, 0) is 0 Å². The van der Waals surface area contributed by atoms with E-state index in [1.54, 1.807) is 0 Å². The third kappa shape index (κ3) is 3.23. The zero-order valence-corrected chi connectivity index (χ0v) is 13.5. The van der Waals surface area contributed by atoms with Crippen molar-refractivity contribution in [2.75, 3.05) is 6.54 Å². The molecule has 0 fully saturated rings. The number of rotatable bonds is 4. The summed E-state index contributed by atoms with van der Waals surface area (Å²) in [5, 5.41) is 11.3. The molecule has 0 heterocycles. The van der Waals surface area contributed by atoms with E-state index in [-0.39, 0.29) is 5.92 Å². The van der Waals surface area contributed by atoms with Gasteiger partial charge in [-0.05, 0) is 35.7 Å². The molecule has 4 heteroatoms. The van der Waals surface area contributed by atoms with Gasteiger partial charge in [-0.1, -0.05) is 57.9 Å². The number of aryl methyl sites for hydroxylation is 1. The van der Waals surface area contributed by atoms with Crippen LogP contribution in [0.15, 0.2) is 46.9 Å². The van der Waals surface area contributed by atoms with Crippen LogP contribution in [0.3, 0.4) is 0 Å². The number of aliphatic hydroxyl groups is 1. The lowest BCUT2D eigenvalue weighted by molar-refractivity contribution is 0.146. The molecule has 0 saturated carbocycles. The maximum Gasteiger partial charge on any atom is 0.0881 e. The molecule has 20 heavy (non-hydrogen) atoms. The fraction of sp³-hybridized carbons (Fsp3) is 0.250. The molecular weight excluding hydrogens is 338 g/mol. The maximum absolute atomic E-state index is 10.7. The smallest absolute Gasteiger partial charge is 0.0881 e. The summed E-state index contributed by atoms with van der Waals surface area (Å²) in [5.41, 5.74) is 8.74. The first-order valence-corrected chi connectivity index (χ1v) is 7.60. The van der Waals surface area contributed by atoms with E-state index in [2.05, 4.69) is 15.9 Å². The number of halogens is 2. The molecule has 0 spiro atoms. The molecule has 106 valence electrons. The van der Waals surface area contributed by atoms with Crippen molar-refractivity contribution in [1.29, 1.82) is 0 Å². The molecule has 2 atom stereocenters. The molecule has 0 bridgehead atoms. The molecule has 2 nitrogen and oxygen atoms in total. The molecule has 0 aliphatic carbocycles. The number of nitrogens with two attached hydrogens (primary N) is 1. The Balaban J connectivity index is 2.39. The molecule has 0 saturated heterocycles. The van der Waals surface area contributed by atoms with Crippen LogP contribution in [0.25, 0.3) is 0 Å². The van der Waals surface area contributed by atoms with E-state index in [4.69, 9.17) is 17.3 Å². The minimum atomic E-state index is -0.673. The molecule has 2 aromatic carbocycles. The molecule has 0 aliphatic rings. The van der Waals surface area contributed by atoms with Crippen LogP contribution in [0.4, 0.5) is 0 Å². The number of aliphatic hydroxyl groups excluding tert-OH is 1. The second kappa shape index (κ2) is 6.72. The Hall–Kier alpha value is -0.870. The Morgan fingerprint density at radius 1 is 1.25 bits per heavy atom. The van der Waals surface area contributed by atoms with Crippen molar-refractivity contribution in [3.63, 3.8) is 0 Å². The quantitative estimate of drug-likeness (QED) is 0.865. The first kappa shape index (κ1) is 15.5. The predicted octanol–water partition coefficient (Wildman–Crippen LogP) is 4.19. The van der Waals surface area contributed by atoms with Crippen molar-refractivity contribution in [1.82, 2.24) is 0 Å². The zero-order valence-electron chi connectivity index (χ0n) is 11.2. The average Bonchev–Trinajstić information content (AvgIpc) is 2.42. The minimum absolute atomic E-state index is 0.188. The highest BCUT2D eigenvalue weighted by atomic mass is 79.9. The fourth-order valence-electron chi connectivity index (χ4n) is 2.30. The first-order chi connectivity index (χ1) is 9.54. The van der Waals surface area contributed by atoms with Crippen molar-refractivity contribution in [3.05, 3.63) is 68.7 Å².